The lowest BCUT2D eigenvalue weighted by Gasteiger charge is -2.29. The number of allylic oxidation sites excluding steroid dienone is 3. The molecular formula is C55H109N2O6P. The molecule has 8 nitrogen and oxygen atoms in total. The third kappa shape index (κ3) is 48.9. The Morgan fingerprint density at radius 1 is 0.531 bits per heavy atom. The van der Waals surface area contributed by atoms with E-state index in [1.165, 1.54) is 212 Å². The average Bonchev–Trinajstić information content (AvgIpc) is 3.25. The lowest BCUT2D eigenvalue weighted by atomic mass is 10.0. The minimum Gasteiger partial charge on any atom is -0.756 e. The van der Waals surface area contributed by atoms with Crippen molar-refractivity contribution in [3.05, 3.63) is 24.3 Å². The normalized spacial score (nSPS) is 14.2. The Morgan fingerprint density at radius 2 is 0.875 bits per heavy atom. The molecule has 0 spiro atoms. The van der Waals surface area contributed by atoms with E-state index < -0.39 is 20.0 Å². The van der Waals surface area contributed by atoms with Gasteiger partial charge in [0.1, 0.15) is 13.2 Å². The van der Waals surface area contributed by atoms with Crippen LogP contribution in [-0.2, 0) is 18.4 Å². The van der Waals surface area contributed by atoms with Crippen LogP contribution in [0.2, 0.25) is 0 Å². The number of phosphoric acid groups is 1. The molecule has 0 aliphatic carbocycles. The number of quaternary nitrogens is 1. The molecular weight excluding hydrogens is 816 g/mol. The topological polar surface area (TPSA) is 108 Å². The molecule has 0 rings (SSSR count). The van der Waals surface area contributed by atoms with Gasteiger partial charge < -0.3 is 28.8 Å². The van der Waals surface area contributed by atoms with Crippen LogP contribution in [0.25, 0.3) is 0 Å². The summed E-state index contributed by atoms with van der Waals surface area (Å²) in [7, 11) is 1.25. The Kier molecular flexibility index (Phi) is 46.3. The van der Waals surface area contributed by atoms with E-state index in [1.807, 2.05) is 27.2 Å². The number of nitrogens with zero attached hydrogens (tertiary/aromatic N) is 1. The van der Waals surface area contributed by atoms with Crippen LogP contribution < -0.4 is 10.2 Å². The van der Waals surface area contributed by atoms with E-state index in [0.29, 0.717) is 17.4 Å². The fraction of sp³-hybridized carbons (Fsp3) is 0.909. The molecule has 0 aliphatic heterocycles. The molecule has 0 heterocycles. The second-order valence-corrected chi connectivity index (χ2v) is 21.7. The van der Waals surface area contributed by atoms with E-state index in [0.717, 1.165) is 38.5 Å². The number of carbonyl (C=O) groups excluding carboxylic acids is 1. The minimum atomic E-state index is -4.59. The number of rotatable bonds is 51. The van der Waals surface area contributed by atoms with Gasteiger partial charge >= 0.3 is 0 Å². The third-order valence-corrected chi connectivity index (χ3v) is 13.6. The molecule has 3 unspecified atom stereocenters. The lowest BCUT2D eigenvalue weighted by molar-refractivity contribution is -0.870. The van der Waals surface area contributed by atoms with Gasteiger partial charge in [-0.05, 0) is 32.1 Å². The van der Waals surface area contributed by atoms with Gasteiger partial charge in [-0.15, -0.1) is 0 Å². The fourth-order valence-electron chi connectivity index (χ4n) is 8.29. The summed E-state index contributed by atoms with van der Waals surface area (Å²) in [4.78, 5) is 25.3. The van der Waals surface area contributed by atoms with Crippen molar-refractivity contribution in [2.45, 2.75) is 283 Å². The van der Waals surface area contributed by atoms with Crippen LogP contribution in [0.1, 0.15) is 271 Å². The molecule has 0 aromatic rings. The second-order valence-electron chi connectivity index (χ2n) is 20.3. The summed E-state index contributed by atoms with van der Waals surface area (Å²) < 4.78 is 23.2. The molecule has 0 fully saturated rings. The number of aliphatic hydroxyl groups is 1. The first kappa shape index (κ1) is 63.0. The molecule has 0 saturated heterocycles. The highest BCUT2D eigenvalue weighted by Crippen LogP contribution is 2.38. The van der Waals surface area contributed by atoms with Crippen molar-refractivity contribution in [3.8, 4) is 0 Å². The van der Waals surface area contributed by atoms with Gasteiger partial charge in [-0.25, -0.2) is 0 Å². The highest BCUT2D eigenvalue weighted by molar-refractivity contribution is 7.45. The Hall–Kier alpha value is -1.02. The predicted octanol–water partition coefficient (Wildman–Crippen LogP) is 15.8. The van der Waals surface area contributed by atoms with Gasteiger partial charge in [0, 0.05) is 6.42 Å². The van der Waals surface area contributed by atoms with E-state index in [4.69, 9.17) is 9.05 Å². The summed E-state index contributed by atoms with van der Waals surface area (Å²) in [5, 5.41) is 13.7. The average molecular weight is 925 g/mol. The van der Waals surface area contributed by atoms with Gasteiger partial charge in [-0.2, -0.15) is 0 Å². The smallest absolute Gasteiger partial charge is 0.268 e. The number of aliphatic hydroxyl groups excluding tert-OH is 1. The van der Waals surface area contributed by atoms with Crippen molar-refractivity contribution in [2.75, 3.05) is 40.9 Å². The first-order valence-electron chi connectivity index (χ1n) is 27.7. The minimum absolute atomic E-state index is 0.00437. The van der Waals surface area contributed by atoms with Gasteiger partial charge in [0.2, 0.25) is 5.91 Å². The maximum atomic E-state index is 12.9. The zero-order valence-corrected chi connectivity index (χ0v) is 44.1. The summed E-state index contributed by atoms with van der Waals surface area (Å²) in [6.07, 6.45) is 58.6. The van der Waals surface area contributed by atoms with Gasteiger partial charge in [0.15, 0.2) is 0 Å². The van der Waals surface area contributed by atoms with Gasteiger partial charge in [-0.3, -0.25) is 9.36 Å². The van der Waals surface area contributed by atoms with E-state index >= 15 is 0 Å². The number of hydrogen-bond acceptors (Lipinski definition) is 6. The quantitative estimate of drug-likeness (QED) is 0.0272. The number of amides is 1. The summed E-state index contributed by atoms with van der Waals surface area (Å²) >= 11 is 0. The molecule has 380 valence electrons. The maximum absolute atomic E-state index is 12.9. The first-order valence-corrected chi connectivity index (χ1v) is 29.2. The fourth-order valence-corrected chi connectivity index (χ4v) is 9.01. The number of unbranched alkanes of at least 4 members (excludes halogenated alkanes) is 36. The first-order chi connectivity index (χ1) is 31.0. The SMILES string of the molecule is CCCCCC/C=C/CC/C=C/C(O)C(COP(=O)([O-])OCC[N+](C)(C)C)NC(=O)CCCCCCCCCCCCCCCCCCCCCCCCCCCCCCCCCC. The molecule has 0 aromatic carbocycles. The lowest BCUT2D eigenvalue weighted by Crippen LogP contribution is -2.45. The molecule has 1 amide bonds. The number of likely N-dealkylation sites (N-methyl/N-ethyl adjacent to an activating group) is 1. The van der Waals surface area contributed by atoms with Crippen LogP contribution in [0.15, 0.2) is 24.3 Å². The summed E-state index contributed by atoms with van der Waals surface area (Å²) in [6, 6.07) is -0.898. The van der Waals surface area contributed by atoms with Gasteiger partial charge in [0.05, 0.1) is 39.9 Å². The summed E-state index contributed by atoms with van der Waals surface area (Å²) in [5.74, 6) is -0.204. The van der Waals surface area contributed by atoms with Crippen LogP contribution in [0, 0.1) is 0 Å². The Morgan fingerprint density at radius 3 is 1.27 bits per heavy atom. The van der Waals surface area contributed by atoms with E-state index in [1.54, 1.807) is 6.08 Å². The molecule has 64 heavy (non-hydrogen) atoms. The van der Waals surface area contributed by atoms with E-state index in [9.17, 15) is 19.4 Å². The molecule has 0 saturated carbocycles. The number of hydrogen-bond donors (Lipinski definition) is 2. The Balaban J connectivity index is 3.93. The van der Waals surface area contributed by atoms with Crippen molar-refractivity contribution in [1.82, 2.24) is 5.32 Å². The standard InChI is InChI=1S/C55H109N2O6P/c1-6-8-10-12-14-16-18-19-20-21-22-23-24-25-26-27-28-29-30-31-32-33-34-35-36-37-38-39-41-43-45-47-49-55(59)56-53(52-63-64(60,61)62-51-50-57(3,4)5)54(58)48-46-44-42-40-17-15-13-11-9-7-2/h17,40,46,48,53-54,58H,6-16,18-39,41-45,47,49-52H2,1-5H3,(H-,56,59,60,61)/b40-17+,48-46+. The maximum Gasteiger partial charge on any atom is 0.268 e. The molecule has 3 atom stereocenters. The number of phosphoric ester groups is 1. The predicted molar refractivity (Wildman–Crippen MR) is 275 cm³/mol. The van der Waals surface area contributed by atoms with Crippen molar-refractivity contribution < 1.29 is 32.9 Å². The number of carbonyl (C=O) groups is 1. The van der Waals surface area contributed by atoms with E-state index in [2.05, 4.69) is 31.3 Å². The number of nitrogens with one attached hydrogen (secondary N) is 1. The van der Waals surface area contributed by atoms with E-state index in [-0.39, 0.29) is 19.1 Å². The van der Waals surface area contributed by atoms with Crippen molar-refractivity contribution in [2.24, 2.45) is 0 Å². The van der Waals surface area contributed by atoms with Crippen LogP contribution >= 0.6 is 7.82 Å². The van der Waals surface area contributed by atoms with Crippen molar-refractivity contribution in [3.63, 3.8) is 0 Å². The molecule has 2 N–H and O–H groups in total. The monoisotopic (exact) mass is 925 g/mol. The molecule has 0 aliphatic rings. The van der Waals surface area contributed by atoms with Crippen LogP contribution in [0.5, 0.6) is 0 Å². The van der Waals surface area contributed by atoms with Crippen LogP contribution in [0.3, 0.4) is 0 Å². The second kappa shape index (κ2) is 47.1. The van der Waals surface area contributed by atoms with Crippen LogP contribution in [0.4, 0.5) is 0 Å². The Bertz CT molecular complexity index is 1090. The molecule has 0 aromatic heterocycles. The molecule has 0 bridgehead atoms. The highest BCUT2D eigenvalue weighted by atomic mass is 31.2. The van der Waals surface area contributed by atoms with Crippen molar-refractivity contribution >= 4 is 13.7 Å². The van der Waals surface area contributed by atoms with Gasteiger partial charge in [0.25, 0.3) is 7.82 Å². The Labute approximate surface area is 398 Å². The molecule has 0 radical (unpaired) electrons. The highest BCUT2D eigenvalue weighted by Gasteiger charge is 2.23. The van der Waals surface area contributed by atoms with Crippen molar-refractivity contribution in [1.29, 1.82) is 0 Å². The zero-order chi connectivity index (χ0) is 47.1. The summed E-state index contributed by atoms with van der Waals surface area (Å²) in [6.45, 7) is 4.61. The summed E-state index contributed by atoms with van der Waals surface area (Å²) in [5.41, 5.74) is 0. The van der Waals surface area contributed by atoms with Crippen LogP contribution in [-0.4, -0.2) is 68.5 Å². The zero-order valence-electron chi connectivity index (χ0n) is 43.3. The third-order valence-electron chi connectivity index (χ3n) is 12.7. The molecule has 9 heteroatoms. The largest absolute Gasteiger partial charge is 0.756 e. The van der Waals surface area contributed by atoms with Gasteiger partial charge in [-0.1, -0.05) is 256 Å².